The molecule has 0 atom stereocenters. The van der Waals surface area contributed by atoms with Crippen molar-refractivity contribution in [2.45, 2.75) is 6.42 Å². The topological polar surface area (TPSA) is 73.5 Å². The highest BCUT2D eigenvalue weighted by Gasteiger charge is 2.37. The fourth-order valence-corrected chi connectivity index (χ4v) is 4.37. The molecular weight excluding hydrogens is 402 g/mol. The Morgan fingerprint density at radius 1 is 1.00 bits per heavy atom. The Balaban J connectivity index is 1.30. The first-order valence-electron chi connectivity index (χ1n) is 9.72. The van der Waals surface area contributed by atoms with Gasteiger partial charge in [0.25, 0.3) is 11.8 Å². The van der Waals surface area contributed by atoms with Gasteiger partial charge in [0.2, 0.25) is 5.91 Å². The molecule has 2 aromatic carbocycles. The van der Waals surface area contributed by atoms with E-state index in [1.807, 2.05) is 30.5 Å². The number of carbonyl (C=O) groups excluding carboxylic acids is 3. The van der Waals surface area contributed by atoms with Crippen molar-refractivity contribution in [2.24, 2.45) is 0 Å². The maximum absolute atomic E-state index is 12.8. The number of hydrogen-bond donors (Lipinski definition) is 1. The molecular formula is C23H18ClN3O3. The fourth-order valence-electron chi connectivity index (χ4n) is 4.14. The highest BCUT2D eigenvalue weighted by Crippen LogP contribution is 2.32. The second-order valence-electron chi connectivity index (χ2n) is 7.43. The average Bonchev–Trinajstić information content (AvgIpc) is 3.31. The number of fused-ring (bicyclic) bond motifs is 2. The molecule has 0 radical (unpaired) electrons. The lowest BCUT2D eigenvalue weighted by Crippen LogP contribution is -2.44. The lowest BCUT2D eigenvalue weighted by atomic mass is 9.99. The number of imide groups is 1. The van der Waals surface area contributed by atoms with Gasteiger partial charge in [0.1, 0.15) is 6.54 Å². The SMILES string of the molecule is O=C(CN1C(=O)c2ccccc2C1=O)N1CC=C(c2c[nH]c3c(Cl)cccc23)CC1. The number of carbonyl (C=O) groups is 3. The summed E-state index contributed by atoms with van der Waals surface area (Å²) in [6.07, 6.45) is 4.65. The number of hydrogen-bond acceptors (Lipinski definition) is 3. The number of halogens is 1. The van der Waals surface area contributed by atoms with Crippen molar-refractivity contribution >= 4 is 45.8 Å². The van der Waals surface area contributed by atoms with Gasteiger partial charge in [-0.3, -0.25) is 19.3 Å². The standard InChI is InChI=1S/C23H18ClN3O3/c24-19-7-3-6-15-18(12-25-21(15)19)14-8-10-26(11-9-14)20(28)13-27-22(29)16-4-1-2-5-17(16)23(27)30/h1-8,12,25H,9-11,13H2. The van der Waals surface area contributed by atoms with Crippen molar-refractivity contribution in [1.82, 2.24) is 14.8 Å². The number of rotatable bonds is 3. The number of amides is 3. The van der Waals surface area contributed by atoms with Crippen molar-refractivity contribution in [2.75, 3.05) is 19.6 Å². The Morgan fingerprint density at radius 2 is 1.73 bits per heavy atom. The molecule has 1 aromatic heterocycles. The van der Waals surface area contributed by atoms with Crippen LogP contribution in [0.1, 0.15) is 32.7 Å². The highest BCUT2D eigenvalue weighted by molar-refractivity contribution is 6.35. The van der Waals surface area contributed by atoms with Gasteiger partial charge in [0.15, 0.2) is 0 Å². The van der Waals surface area contributed by atoms with Crippen LogP contribution in [0.3, 0.4) is 0 Å². The number of aromatic nitrogens is 1. The molecule has 0 bridgehead atoms. The zero-order valence-corrected chi connectivity index (χ0v) is 16.8. The van der Waals surface area contributed by atoms with Crippen LogP contribution in [0.5, 0.6) is 0 Å². The molecule has 0 spiro atoms. The molecule has 0 aliphatic carbocycles. The molecule has 7 heteroatoms. The van der Waals surface area contributed by atoms with E-state index in [0.29, 0.717) is 35.7 Å². The van der Waals surface area contributed by atoms with E-state index in [-0.39, 0.29) is 12.5 Å². The minimum Gasteiger partial charge on any atom is -0.359 e. The molecule has 2 aliphatic heterocycles. The molecule has 6 nitrogen and oxygen atoms in total. The average molecular weight is 420 g/mol. The van der Waals surface area contributed by atoms with Crippen molar-refractivity contribution < 1.29 is 14.4 Å². The maximum atomic E-state index is 12.8. The normalized spacial score (nSPS) is 16.2. The minimum atomic E-state index is -0.409. The lowest BCUT2D eigenvalue weighted by Gasteiger charge is -2.28. The summed E-state index contributed by atoms with van der Waals surface area (Å²) in [5.41, 5.74) is 3.84. The van der Waals surface area contributed by atoms with Gasteiger partial charge in [-0.1, -0.05) is 41.9 Å². The van der Waals surface area contributed by atoms with Gasteiger partial charge in [-0.15, -0.1) is 0 Å². The van der Waals surface area contributed by atoms with E-state index in [0.717, 1.165) is 26.9 Å². The van der Waals surface area contributed by atoms with Crippen molar-refractivity contribution in [1.29, 1.82) is 0 Å². The second-order valence-corrected chi connectivity index (χ2v) is 7.83. The van der Waals surface area contributed by atoms with E-state index >= 15 is 0 Å². The van der Waals surface area contributed by atoms with Gasteiger partial charge < -0.3 is 9.88 Å². The Bertz CT molecular complexity index is 1210. The molecule has 0 unspecified atom stereocenters. The van der Waals surface area contributed by atoms with Crippen molar-refractivity contribution in [3.63, 3.8) is 0 Å². The van der Waals surface area contributed by atoms with Crippen molar-refractivity contribution in [3.05, 3.63) is 76.5 Å². The monoisotopic (exact) mass is 419 g/mol. The van der Waals surface area contributed by atoms with Crippen LogP contribution >= 0.6 is 11.6 Å². The number of nitrogens with zero attached hydrogens (tertiary/aromatic N) is 2. The van der Waals surface area contributed by atoms with Gasteiger partial charge in [-0.2, -0.15) is 0 Å². The van der Waals surface area contributed by atoms with Crippen molar-refractivity contribution in [3.8, 4) is 0 Å². The van der Waals surface area contributed by atoms with Crippen LogP contribution < -0.4 is 0 Å². The summed E-state index contributed by atoms with van der Waals surface area (Å²) in [5, 5.41) is 1.73. The summed E-state index contributed by atoms with van der Waals surface area (Å²) in [6, 6.07) is 12.4. The molecule has 3 amide bonds. The van der Waals surface area contributed by atoms with E-state index < -0.39 is 11.8 Å². The van der Waals surface area contributed by atoms with Crippen LogP contribution in [0, 0.1) is 0 Å². The fraction of sp³-hybridized carbons (Fsp3) is 0.174. The van der Waals surface area contributed by atoms with Crippen LogP contribution in [0.4, 0.5) is 0 Å². The summed E-state index contributed by atoms with van der Waals surface area (Å²) in [4.78, 5) is 43.7. The molecule has 150 valence electrons. The summed E-state index contributed by atoms with van der Waals surface area (Å²) < 4.78 is 0. The molecule has 3 heterocycles. The number of para-hydroxylation sites is 1. The maximum Gasteiger partial charge on any atom is 0.262 e. The van der Waals surface area contributed by atoms with E-state index in [2.05, 4.69) is 4.98 Å². The lowest BCUT2D eigenvalue weighted by molar-refractivity contribution is -0.131. The predicted octanol–water partition coefficient (Wildman–Crippen LogP) is 3.73. The Hall–Kier alpha value is -3.38. The molecule has 0 saturated carbocycles. The number of benzene rings is 2. The Labute approximate surface area is 177 Å². The Kier molecular flexibility index (Phi) is 4.44. The first-order chi connectivity index (χ1) is 14.5. The van der Waals surface area contributed by atoms with E-state index in [4.69, 9.17) is 11.6 Å². The Morgan fingerprint density at radius 3 is 2.40 bits per heavy atom. The third-order valence-corrected chi connectivity index (χ3v) is 6.06. The van der Waals surface area contributed by atoms with Crippen LogP contribution in [0.15, 0.2) is 54.7 Å². The summed E-state index contributed by atoms with van der Waals surface area (Å²) in [7, 11) is 0. The minimum absolute atomic E-state index is 0.234. The van der Waals surface area contributed by atoms with Crippen LogP contribution in [-0.2, 0) is 4.79 Å². The van der Waals surface area contributed by atoms with Crippen LogP contribution in [0.2, 0.25) is 5.02 Å². The number of aromatic amines is 1. The molecule has 0 saturated heterocycles. The van der Waals surface area contributed by atoms with Gasteiger partial charge in [0.05, 0.1) is 21.7 Å². The van der Waals surface area contributed by atoms with E-state index in [1.165, 1.54) is 0 Å². The van der Waals surface area contributed by atoms with Gasteiger partial charge in [-0.25, -0.2) is 0 Å². The third kappa shape index (κ3) is 2.92. The third-order valence-electron chi connectivity index (χ3n) is 5.74. The predicted molar refractivity (Wildman–Crippen MR) is 114 cm³/mol. The molecule has 1 N–H and O–H groups in total. The zero-order valence-electron chi connectivity index (χ0n) is 16.0. The smallest absolute Gasteiger partial charge is 0.262 e. The number of nitrogens with one attached hydrogen (secondary N) is 1. The van der Waals surface area contributed by atoms with E-state index in [1.54, 1.807) is 29.2 Å². The molecule has 0 fully saturated rings. The molecule has 2 aliphatic rings. The second kappa shape index (κ2) is 7.15. The summed E-state index contributed by atoms with van der Waals surface area (Å²) in [5.74, 6) is -1.05. The first-order valence-corrected chi connectivity index (χ1v) is 10.1. The molecule has 3 aromatic rings. The largest absolute Gasteiger partial charge is 0.359 e. The molecule has 5 rings (SSSR count). The van der Waals surface area contributed by atoms with Gasteiger partial charge >= 0.3 is 0 Å². The van der Waals surface area contributed by atoms with E-state index in [9.17, 15) is 14.4 Å². The highest BCUT2D eigenvalue weighted by atomic mass is 35.5. The van der Waals surface area contributed by atoms with Crippen LogP contribution in [0.25, 0.3) is 16.5 Å². The summed E-state index contributed by atoms with van der Waals surface area (Å²) in [6.45, 7) is 0.726. The summed E-state index contributed by atoms with van der Waals surface area (Å²) >= 11 is 6.25. The molecule has 30 heavy (non-hydrogen) atoms. The zero-order chi connectivity index (χ0) is 20.8. The first kappa shape index (κ1) is 18.6. The quantitative estimate of drug-likeness (QED) is 0.657. The number of H-pyrrole nitrogens is 1. The van der Waals surface area contributed by atoms with Crippen LogP contribution in [-0.4, -0.2) is 52.1 Å². The van der Waals surface area contributed by atoms with Gasteiger partial charge in [0, 0.05) is 30.2 Å². The van der Waals surface area contributed by atoms with Gasteiger partial charge in [-0.05, 0) is 30.2 Å².